The summed E-state index contributed by atoms with van der Waals surface area (Å²) >= 11 is 0. The molecule has 1 saturated heterocycles. The van der Waals surface area contributed by atoms with Gasteiger partial charge in [0.05, 0.1) is 0 Å². The van der Waals surface area contributed by atoms with Crippen molar-refractivity contribution in [3.63, 3.8) is 0 Å². The third kappa shape index (κ3) is 4.63. The van der Waals surface area contributed by atoms with Gasteiger partial charge in [0.15, 0.2) is 0 Å². The summed E-state index contributed by atoms with van der Waals surface area (Å²) < 4.78 is 0. The van der Waals surface area contributed by atoms with Gasteiger partial charge >= 0.3 is 0 Å². The number of anilines is 1. The highest BCUT2D eigenvalue weighted by molar-refractivity contribution is 6.07. The van der Waals surface area contributed by atoms with Gasteiger partial charge in [-0.3, -0.25) is 19.3 Å². The number of rotatable bonds is 5. The van der Waals surface area contributed by atoms with Crippen molar-refractivity contribution in [1.29, 1.82) is 0 Å². The van der Waals surface area contributed by atoms with Crippen molar-refractivity contribution < 1.29 is 14.4 Å². The van der Waals surface area contributed by atoms with Gasteiger partial charge in [0.1, 0.15) is 11.6 Å². The molecule has 0 aromatic heterocycles. The predicted molar refractivity (Wildman–Crippen MR) is 121 cm³/mol. The molecule has 2 saturated carbocycles. The van der Waals surface area contributed by atoms with Gasteiger partial charge in [0, 0.05) is 18.2 Å². The van der Waals surface area contributed by atoms with Gasteiger partial charge in [-0.05, 0) is 51.2 Å². The molecule has 1 aliphatic heterocycles. The van der Waals surface area contributed by atoms with Crippen molar-refractivity contribution >= 4 is 23.4 Å². The number of carbonyl (C=O) groups is 3. The number of hydrogen-bond donors (Lipinski definition) is 2. The van der Waals surface area contributed by atoms with Gasteiger partial charge in [0.25, 0.3) is 5.91 Å². The summed E-state index contributed by atoms with van der Waals surface area (Å²) in [5.74, 6) is -0.265. The van der Waals surface area contributed by atoms with E-state index in [0.29, 0.717) is 25.7 Å². The number of nitrogens with zero attached hydrogens (tertiary/aromatic N) is 1. The Balaban J connectivity index is 1.70. The van der Waals surface area contributed by atoms with Crippen LogP contribution in [0.4, 0.5) is 5.69 Å². The monoisotopic (exact) mass is 425 g/mol. The van der Waals surface area contributed by atoms with Crippen molar-refractivity contribution in [2.45, 2.75) is 102 Å². The van der Waals surface area contributed by atoms with Gasteiger partial charge in [-0.15, -0.1) is 0 Å². The second kappa shape index (κ2) is 9.41. The number of carbonyl (C=O) groups excluding carboxylic acids is 3. The summed E-state index contributed by atoms with van der Waals surface area (Å²) in [6.07, 6.45) is 10.6. The van der Waals surface area contributed by atoms with Crippen LogP contribution >= 0.6 is 0 Å². The summed E-state index contributed by atoms with van der Waals surface area (Å²) in [4.78, 5) is 41.3. The molecular formula is C25H35N3O3. The van der Waals surface area contributed by atoms with Crippen LogP contribution in [0.2, 0.25) is 0 Å². The zero-order valence-electron chi connectivity index (χ0n) is 18.6. The summed E-state index contributed by atoms with van der Waals surface area (Å²) in [7, 11) is 0. The van der Waals surface area contributed by atoms with Crippen LogP contribution in [0.1, 0.15) is 82.6 Å². The second-order valence-electron chi connectivity index (χ2n) is 9.57. The quantitative estimate of drug-likeness (QED) is 0.754. The van der Waals surface area contributed by atoms with E-state index in [1.54, 1.807) is 4.90 Å². The Labute approximate surface area is 185 Å². The molecule has 168 valence electrons. The lowest BCUT2D eigenvalue weighted by Gasteiger charge is -2.46. The van der Waals surface area contributed by atoms with Crippen LogP contribution < -0.4 is 15.5 Å². The summed E-state index contributed by atoms with van der Waals surface area (Å²) in [5.41, 5.74) is 0.960. The third-order valence-corrected chi connectivity index (χ3v) is 7.28. The topological polar surface area (TPSA) is 78.5 Å². The van der Waals surface area contributed by atoms with Crippen LogP contribution in [0.3, 0.4) is 0 Å². The molecule has 0 unspecified atom stereocenters. The maximum absolute atomic E-state index is 13.9. The summed E-state index contributed by atoms with van der Waals surface area (Å²) in [6.45, 7) is 2.01. The van der Waals surface area contributed by atoms with E-state index in [0.717, 1.165) is 56.2 Å². The van der Waals surface area contributed by atoms with Crippen LogP contribution in [-0.4, -0.2) is 35.3 Å². The van der Waals surface area contributed by atoms with Gasteiger partial charge in [-0.2, -0.15) is 0 Å². The van der Waals surface area contributed by atoms with E-state index in [9.17, 15) is 14.4 Å². The number of hydrogen-bond acceptors (Lipinski definition) is 3. The molecule has 0 radical (unpaired) electrons. The van der Waals surface area contributed by atoms with E-state index < -0.39 is 11.6 Å². The van der Waals surface area contributed by atoms with E-state index in [1.807, 2.05) is 31.2 Å². The van der Waals surface area contributed by atoms with Gasteiger partial charge in [0.2, 0.25) is 11.8 Å². The molecule has 1 heterocycles. The first-order valence-electron chi connectivity index (χ1n) is 12.0. The van der Waals surface area contributed by atoms with E-state index in [2.05, 4.69) is 10.6 Å². The van der Waals surface area contributed by atoms with E-state index in [1.165, 1.54) is 6.42 Å². The zero-order chi connectivity index (χ0) is 21.8. The number of benzene rings is 1. The highest BCUT2D eigenvalue weighted by Crippen LogP contribution is 2.39. The molecule has 6 nitrogen and oxygen atoms in total. The molecule has 1 aromatic carbocycles. The lowest BCUT2D eigenvalue weighted by Crippen LogP contribution is -2.65. The molecule has 0 spiro atoms. The standard InChI is InChI=1S/C25H35N3O3/c1-18-10-12-20(13-11-18)28(23(30)21-14-15-22(29)27-21)25(16-6-3-7-17-25)24(31)26-19-8-4-2-5-9-19/h10-13,19,21H,2-9,14-17H2,1H3,(H,26,31)(H,27,29)/t21-/m1/s1. The van der Waals surface area contributed by atoms with Crippen molar-refractivity contribution in [3.05, 3.63) is 29.8 Å². The van der Waals surface area contributed by atoms with Crippen molar-refractivity contribution in [3.8, 4) is 0 Å². The Morgan fingerprint density at radius 1 is 0.968 bits per heavy atom. The lowest BCUT2D eigenvalue weighted by atomic mass is 9.78. The maximum Gasteiger partial charge on any atom is 0.250 e. The highest BCUT2D eigenvalue weighted by Gasteiger charge is 2.50. The average Bonchev–Trinajstić information content (AvgIpc) is 3.23. The minimum atomic E-state index is -0.893. The molecule has 3 fully saturated rings. The SMILES string of the molecule is Cc1ccc(N(C(=O)[C@H]2CCC(=O)N2)C2(C(=O)NC3CCCCC3)CCCCC2)cc1. The molecule has 2 N–H and O–H groups in total. The molecule has 4 rings (SSSR count). The number of nitrogens with one attached hydrogen (secondary N) is 2. The summed E-state index contributed by atoms with van der Waals surface area (Å²) in [6, 6.07) is 7.48. The third-order valence-electron chi connectivity index (χ3n) is 7.28. The Morgan fingerprint density at radius 2 is 1.61 bits per heavy atom. The molecule has 0 bridgehead atoms. The van der Waals surface area contributed by atoms with Crippen LogP contribution in [0.5, 0.6) is 0 Å². The van der Waals surface area contributed by atoms with E-state index in [-0.39, 0.29) is 23.8 Å². The molecular weight excluding hydrogens is 390 g/mol. The molecule has 31 heavy (non-hydrogen) atoms. The van der Waals surface area contributed by atoms with Crippen LogP contribution in [0.25, 0.3) is 0 Å². The first-order valence-corrected chi connectivity index (χ1v) is 12.0. The highest BCUT2D eigenvalue weighted by atomic mass is 16.2. The van der Waals surface area contributed by atoms with E-state index in [4.69, 9.17) is 0 Å². The number of amides is 3. The fraction of sp³-hybridized carbons (Fsp3) is 0.640. The first-order chi connectivity index (χ1) is 15.0. The van der Waals surface area contributed by atoms with Gasteiger partial charge < -0.3 is 10.6 Å². The summed E-state index contributed by atoms with van der Waals surface area (Å²) in [5, 5.41) is 6.16. The Morgan fingerprint density at radius 3 is 2.23 bits per heavy atom. The zero-order valence-corrected chi connectivity index (χ0v) is 18.6. The lowest BCUT2D eigenvalue weighted by molar-refractivity contribution is -0.133. The molecule has 1 atom stereocenters. The minimum Gasteiger partial charge on any atom is -0.351 e. The smallest absolute Gasteiger partial charge is 0.250 e. The Kier molecular flexibility index (Phi) is 6.63. The number of aryl methyl sites for hydroxylation is 1. The fourth-order valence-electron chi connectivity index (χ4n) is 5.49. The van der Waals surface area contributed by atoms with Crippen LogP contribution in [0.15, 0.2) is 24.3 Å². The van der Waals surface area contributed by atoms with E-state index >= 15 is 0 Å². The predicted octanol–water partition coefficient (Wildman–Crippen LogP) is 3.76. The Hall–Kier alpha value is -2.37. The van der Waals surface area contributed by atoms with Crippen LogP contribution in [0, 0.1) is 6.92 Å². The first kappa shape index (κ1) is 21.8. The minimum absolute atomic E-state index is 0.0163. The largest absolute Gasteiger partial charge is 0.351 e. The average molecular weight is 426 g/mol. The molecule has 3 amide bonds. The maximum atomic E-state index is 13.9. The van der Waals surface area contributed by atoms with Crippen molar-refractivity contribution in [2.24, 2.45) is 0 Å². The van der Waals surface area contributed by atoms with Gasteiger partial charge in [-0.25, -0.2) is 0 Å². The van der Waals surface area contributed by atoms with Crippen molar-refractivity contribution in [2.75, 3.05) is 4.90 Å². The van der Waals surface area contributed by atoms with Crippen molar-refractivity contribution in [1.82, 2.24) is 10.6 Å². The second-order valence-corrected chi connectivity index (χ2v) is 9.57. The molecule has 2 aliphatic carbocycles. The van der Waals surface area contributed by atoms with Gasteiger partial charge in [-0.1, -0.05) is 56.2 Å². The fourth-order valence-corrected chi connectivity index (χ4v) is 5.49. The molecule has 6 heteroatoms. The normalized spacial score (nSPS) is 23.8. The Bertz CT molecular complexity index is 808. The molecule has 1 aromatic rings. The van der Waals surface area contributed by atoms with Crippen LogP contribution in [-0.2, 0) is 14.4 Å². The molecule has 3 aliphatic rings.